The first kappa shape index (κ1) is 28.7. The van der Waals surface area contributed by atoms with Crippen molar-refractivity contribution in [3.8, 4) is 23.3 Å². The third-order valence-electron chi connectivity index (χ3n) is 6.87. The fourth-order valence-electron chi connectivity index (χ4n) is 4.71. The van der Waals surface area contributed by atoms with Crippen molar-refractivity contribution in [1.82, 2.24) is 15.3 Å². The van der Waals surface area contributed by atoms with Crippen molar-refractivity contribution in [3.63, 3.8) is 0 Å². The van der Waals surface area contributed by atoms with Crippen LogP contribution in [0.2, 0.25) is 10.2 Å². The van der Waals surface area contributed by atoms with Crippen molar-refractivity contribution in [2.45, 2.75) is 25.9 Å². The van der Waals surface area contributed by atoms with E-state index in [1.54, 1.807) is 37.4 Å². The molecule has 0 amide bonds. The van der Waals surface area contributed by atoms with Crippen LogP contribution in [0.4, 0.5) is 15.8 Å². The van der Waals surface area contributed by atoms with Crippen LogP contribution in [-0.2, 0) is 6.61 Å². The number of fused-ring (bicyclic) bond motifs is 1. The Labute approximate surface area is 247 Å². The van der Waals surface area contributed by atoms with E-state index in [4.69, 9.17) is 37.4 Å². The first-order valence-electron chi connectivity index (χ1n) is 13.2. The van der Waals surface area contributed by atoms with Gasteiger partial charge in [-0.3, -0.25) is 4.98 Å². The number of nitrogens with zero attached hydrogens (tertiary/aromatic N) is 3. The second-order valence-electron chi connectivity index (χ2n) is 9.66. The number of nitrogens with one attached hydrogen (secondary N) is 2. The molecule has 1 unspecified atom stereocenters. The minimum atomic E-state index is -0.641. The molecule has 212 valence electrons. The molecule has 5 rings (SSSR count). The lowest BCUT2D eigenvalue weighted by molar-refractivity contribution is 0.227. The lowest BCUT2D eigenvalue weighted by Crippen LogP contribution is -2.16. The van der Waals surface area contributed by atoms with Crippen LogP contribution in [0, 0.1) is 23.1 Å². The minimum absolute atomic E-state index is 0.00991. The third kappa shape index (κ3) is 6.91. The molecule has 1 aliphatic heterocycles. The van der Waals surface area contributed by atoms with E-state index in [1.165, 1.54) is 18.3 Å². The van der Waals surface area contributed by atoms with Gasteiger partial charge in [-0.2, -0.15) is 5.26 Å². The summed E-state index contributed by atoms with van der Waals surface area (Å²) >= 11 is 12.4. The van der Waals surface area contributed by atoms with Crippen LogP contribution in [0.5, 0.6) is 17.2 Å². The Kier molecular flexibility index (Phi) is 9.24. The Bertz CT molecular complexity index is 1590. The average Bonchev–Trinajstić information content (AvgIpc) is 3.25. The van der Waals surface area contributed by atoms with Gasteiger partial charge in [0.2, 0.25) is 0 Å². The number of methoxy groups -OCH3 is 1. The molecule has 2 aromatic heterocycles. The van der Waals surface area contributed by atoms with Gasteiger partial charge in [0.1, 0.15) is 17.8 Å². The van der Waals surface area contributed by atoms with Crippen LogP contribution in [-0.4, -0.2) is 36.8 Å². The highest BCUT2D eigenvalue weighted by atomic mass is 35.5. The fourth-order valence-corrected chi connectivity index (χ4v) is 5.09. The highest BCUT2D eigenvalue weighted by Crippen LogP contribution is 2.39. The average molecular weight is 596 g/mol. The summed E-state index contributed by atoms with van der Waals surface area (Å²) in [7, 11) is 1.56. The topological polar surface area (TPSA) is 101 Å². The van der Waals surface area contributed by atoms with Gasteiger partial charge in [0.05, 0.1) is 46.9 Å². The largest absolute Gasteiger partial charge is 0.493 e. The summed E-state index contributed by atoms with van der Waals surface area (Å²) in [5.41, 5.74) is 2.04. The van der Waals surface area contributed by atoms with Crippen molar-refractivity contribution in [3.05, 3.63) is 75.9 Å². The molecule has 0 aliphatic carbocycles. The number of hydrogen-bond donors (Lipinski definition) is 2. The van der Waals surface area contributed by atoms with E-state index in [9.17, 15) is 5.26 Å². The van der Waals surface area contributed by atoms with E-state index in [0.717, 1.165) is 32.4 Å². The molecule has 0 saturated carbocycles. The monoisotopic (exact) mass is 595 g/mol. The maximum Gasteiger partial charge on any atom is 0.167 e. The summed E-state index contributed by atoms with van der Waals surface area (Å²) in [5.74, 6) is 0.829. The first-order chi connectivity index (χ1) is 19.9. The lowest BCUT2D eigenvalue weighted by Gasteiger charge is -2.18. The molecule has 41 heavy (non-hydrogen) atoms. The zero-order valence-corrected chi connectivity index (χ0v) is 23.9. The van der Waals surface area contributed by atoms with Gasteiger partial charge in [0.25, 0.3) is 0 Å². The first-order valence-corrected chi connectivity index (χ1v) is 14.0. The SMILES string of the molecule is COc1cc2c(Nc3cc(F)c(OCc4cccc(Cl)n4)cc3Cl)c(C#N)cnc2cc1OCC1CCCNCC1. The second-order valence-corrected chi connectivity index (χ2v) is 10.5. The van der Waals surface area contributed by atoms with E-state index in [0.29, 0.717) is 51.5 Å². The number of halogens is 3. The molecule has 1 aliphatic rings. The number of anilines is 2. The van der Waals surface area contributed by atoms with E-state index < -0.39 is 5.82 Å². The summed E-state index contributed by atoms with van der Waals surface area (Å²) < 4.78 is 32.5. The summed E-state index contributed by atoms with van der Waals surface area (Å²) in [5, 5.41) is 17.5. The number of benzene rings is 2. The van der Waals surface area contributed by atoms with Gasteiger partial charge in [0, 0.05) is 29.8 Å². The van der Waals surface area contributed by atoms with Crippen LogP contribution in [0.25, 0.3) is 10.9 Å². The molecule has 0 bridgehead atoms. The highest BCUT2D eigenvalue weighted by molar-refractivity contribution is 6.33. The molecule has 1 fully saturated rings. The number of rotatable bonds is 9. The van der Waals surface area contributed by atoms with Crippen LogP contribution in [0.3, 0.4) is 0 Å². The quantitative estimate of drug-likeness (QED) is 0.198. The van der Waals surface area contributed by atoms with E-state index in [1.807, 2.05) is 0 Å². The Morgan fingerprint density at radius 3 is 2.78 bits per heavy atom. The van der Waals surface area contributed by atoms with Gasteiger partial charge in [-0.15, -0.1) is 0 Å². The second kappa shape index (κ2) is 13.2. The van der Waals surface area contributed by atoms with Gasteiger partial charge in [-0.05, 0) is 56.5 Å². The van der Waals surface area contributed by atoms with E-state index in [2.05, 4.69) is 26.7 Å². The predicted octanol–water partition coefficient (Wildman–Crippen LogP) is 7.05. The highest BCUT2D eigenvalue weighted by Gasteiger charge is 2.19. The Balaban J connectivity index is 1.41. The molecule has 2 aromatic carbocycles. The molecule has 11 heteroatoms. The third-order valence-corrected chi connectivity index (χ3v) is 7.40. The summed E-state index contributed by atoms with van der Waals surface area (Å²) in [6.07, 6.45) is 4.72. The van der Waals surface area contributed by atoms with Crippen molar-refractivity contribution >= 4 is 45.5 Å². The molecule has 1 saturated heterocycles. The van der Waals surface area contributed by atoms with Crippen molar-refractivity contribution < 1.29 is 18.6 Å². The Morgan fingerprint density at radius 2 is 1.98 bits per heavy atom. The molecule has 3 heterocycles. The van der Waals surface area contributed by atoms with Crippen molar-refractivity contribution in [2.24, 2.45) is 5.92 Å². The molecule has 1 atom stereocenters. The fraction of sp³-hybridized carbons (Fsp3) is 0.300. The molecule has 2 N–H and O–H groups in total. The molecular formula is C30H28Cl2FN5O3. The van der Waals surface area contributed by atoms with Gasteiger partial charge in [-0.25, -0.2) is 9.37 Å². The molecule has 8 nitrogen and oxygen atoms in total. The van der Waals surface area contributed by atoms with Crippen LogP contribution < -0.4 is 24.8 Å². The Morgan fingerprint density at radius 1 is 1.10 bits per heavy atom. The number of ether oxygens (including phenoxy) is 3. The number of hydrogen-bond acceptors (Lipinski definition) is 8. The summed E-state index contributed by atoms with van der Waals surface area (Å²) in [6, 6.07) is 13.4. The number of pyridine rings is 2. The smallest absolute Gasteiger partial charge is 0.167 e. The minimum Gasteiger partial charge on any atom is -0.493 e. The zero-order valence-electron chi connectivity index (χ0n) is 22.3. The molecule has 0 radical (unpaired) electrons. The van der Waals surface area contributed by atoms with Crippen molar-refractivity contribution in [1.29, 1.82) is 5.26 Å². The summed E-state index contributed by atoms with van der Waals surface area (Å²) in [6.45, 7) is 2.59. The lowest BCUT2D eigenvalue weighted by atomic mass is 10.0. The molecule has 4 aromatic rings. The normalized spacial score (nSPS) is 15.1. The number of aromatic nitrogens is 2. The predicted molar refractivity (Wildman–Crippen MR) is 157 cm³/mol. The molecular weight excluding hydrogens is 568 g/mol. The molecule has 0 spiro atoms. The van der Waals surface area contributed by atoms with Gasteiger partial charge in [0.15, 0.2) is 23.1 Å². The van der Waals surface area contributed by atoms with Crippen LogP contribution >= 0.6 is 23.2 Å². The maximum atomic E-state index is 15.1. The standard InChI is InChI=1S/C30H28Cl2FN5O3/c1-39-27-10-21-24(13-28(27)40-16-18-4-3-8-35-9-7-18)36-15-19(14-34)30(21)38-25-12-23(33)26(11-22(25)31)41-17-20-5-2-6-29(32)37-20/h2,5-6,10-13,15,18,35H,3-4,7-9,16-17H2,1H3,(H,36,38). The number of nitriles is 1. The van der Waals surface area contributed by atoms with Gasteiger partial charge >= 0.3 is 0 Å². The van der Waals surface area contributed by atoms with Crippen LogP contribution in [0.15, 0.2) is 48.7 Å². The maximum absolute atomic E-state index is 15.1. The van der Waals surface area contributed by atoms with E-state index in [-0.39, 0.29) is 28.6 Å². The van der Waals surface area contributed by atoms with Gasteiger partial charge < -0.3 is 24.8 Å². The Hall–Kier alpha value is -3.84. The van der Waals surface area contributed by atoms with Crippen molar-refractivity contribution in [2.75, 3.05) is 32.1 Å². The zero-order chi connectivity index (χ0) is 28.8. The van der Waals surface area contributed by atoms with Gasteiger partial charge in [-0.1, -0.05) is 29.3 Å². The van der Waals surface area contributed by atoms with E-state index >= 15 is 4.39 Å². The van der Waals surface area contributed by atoms with Crippen LogP contribution in [0.1, 0.15) is 30.5 Å². The summed E-state index contributed by atoms with van der Waals surface area (Å²) in [4.78, 5) is 8.60.